The lowest BCUT2D eigenvalue weighted by atomic mass is 10.1. The average Bonchev–Trinajstić information content (AvgIpc) is 3.46. The van der Waals surface area contributed by atoms with Gasteiger partial charge in [-0.05, 0) is 6.92 Å². The van der Waals surface area contributed by atoms with E-state index in [1.807, 2.05) is 0 Å². The van der Waals surface area contributed by atoms with Crippen LogP contribution >= 0.6 is 0 Å². The zero-order valence-electron chi connectivity index (χ0n) is 18.4. The molecular weight excluding hydrogens is 493 g/mol. The van der Waals surface area contributed by atoms with Crippen molar-refractivity contribution in [3.63, 3.8) is 0 Å². The Morgan fingerprint density at radius 1 is 1.23 bits per heavy atom. The third-order valence-electron chi connectivity index (χ3n) is 5.83. The van der Waals surface area contributed by atoms with E-state index in [4.69, 9.17) is 9.26 Å². The topological polar surface area (TPSA) is 132 Å². The van der Waals surface area contributed by atoms with Crippen LogP contribution in [0.15, 0.2) is 27.7 Å². The van der Waals surface area contributed by atoms with Crippen molar-refractivity contribution in [2.75, 3.05) is 29.9 Å². The number of carbonyl (C=O) groups is 1. The Kier molecular flexibility index (Phi) is 5.47. The molecule has 2 aliphatic rings. The van der Waals surface area contributed by atoms with Crippen molar-refractivity contribution in [2.45, 2.75) is 17.9 Å². The van der Waals surface area contributed by atoms with Gasteiger partial charge in [0.2, 0.25) is 10.0 Å². The second-order valence-electron chi connectivity index (χ2n) is 8.32. The lowest BCUT2D eigenvalue weighted by molar-refractivity contribution is 0.101. The van der Waals surface area contributed by atoms with Crippen LogP contribution in [0.3, 0.4) is 0 Å². The van der Waals surface area contributed by atoms with E-state index in [0.29, 0.717) is 24.5 Å². The molecule has 2 N–H and O–H groups in total. The van der Waals surface area contributed by atoms with Gasteiger partial charge in [0.15, 0.2) is 34.7 Å². The molecule has 5 rings (SSSR count). The fraction of sp³-hybridized carbons (Fsp3) is 0.350. The molecule has 3 aromatic rings. The first kappa shape index (κ1) is 23.2. The largest absolute Gasteiger partial charge is 0.489 e. The number of nitrogens with zero attached hydrogens (tertiary/aromatic N) is 4. The van der Waals surface area contributed by atoms with Gasteiger partial charge >= 0.3 is 6.01 Å². The number of hydrogen-bond acceptors (Lipinski definition) is 8. The molecule has 2 aromatic heterocycles. The second-order valence-corrected chi connectivity index (χ2v) is 10.0. The molecule has 1 amide bonds. The van der Waals surface area contributed by atoms with Crippen molar-refractivity contribution in [1.29, 1.82) is 0 Å². The molecule has 0 radical (unpaired) electrons. The highest BCUT2D eigenvalue weighted by Gasteiger charge is 2.42. The molecule has 35 heavy (non-hydrogen) atoms. The average molecular weight is 512 g/mol. The predicted molar refractivity (Wildman–Crippen MR) is 114 cm³/mol. The number of hydrogen-bond donors (Lipinski definition) is 2. The predicted octanol–water partition coefficient (Wildman–Crippen LogP) is 1.56. The molecule has 1 aromatic carbocycles. The van der Waals surface area contributed by atoms with E-state index >= 15 is 0 Å². The third kappa shape index (κ3) is 4.10. The van der Waals surface area contributed by atoms with E-state index in [0.717, 1.165) is 0 Å². The Hall–Kier alpha value is -3.59. The number of aryl methyl sites for hydroxylation is 2. The van der Waals surface area contributed by atoms with Gasteiger partial charge in [-0.25, -0.2) is 26.3 Å². The van der Waals surface area contributed by atoms with Gasteiger partial charge in [-0.1, -0.05) is 5.16 Å². The van der Waals surface area contributed by atoms with E-state index in [1.165, 1.54) is 17.8 Å². The highest BCUT2D eigenvalue weighted by molar-refractivity contribution is 7.89. The number of nitrogens with one attached hydrogen (secondary N) is 2. The summed E-state index contributed by atoms with van der Waals surface area (Å²) in [7, 11) is -2.70. The number of fused-ring (bicyclic) bond motifs is 2. The number of rotatable bonds is 3. The normalized spacial score (nSPS) is 21.0. The van der Waals surface area contributed by atoms with Gasteiger partial charge in [-0.3, -0.25) is 4.79 Å². The number of benzene rings is 1. The number of halogens is 3. The summed E-state index contributed by atoms with van der Waals surface area (Å²) in [5.74, 6) is -5.65. The zero-order chi connectivity index (χ0) is 25.1. The van der Waals surface area contributed by atoms with Gasteiger partial charge in [-0.15, -0.1) is 0 Å². The minimum Gasteiger partial charge on any atom is -0.489 e. The Bertz CT molecular complexity index is 1420. The molecule has 4 heterocycles. The second kappa shape index (κ2) is 8.27. The molecule has 0 aliphatic carbocycles. The van der Waals surface area contributed by atoms with E-state index in [2.05, 4.69) is 20.2 Å². The van der Waals surface area contributed by atoms with Crippen LogP contribution in [-0.4, -0.2) is 54.8 Å². The zero-order valence-corrected chi connectivity index (χ0v) is 19.2. The summed E-state index contributed by atoms with van der Waals surface area (Å²) in [5.41, 5.74) is -0.550. The van der Waals surface area contributed by atoms with Gasteiger partial charge in [-0.2, -0.15) is 4.98 Å². The molecule has 0 spiro atoms. The number of carbonyl (C=O) groups excluding carboxylic acids is 1. The van der Waals surface area contributed by atoms with Gasteiger partial charge in [0, 0.05) is 56.1 Å². The summed E-state index contributed by atoms with van der Waals surface area (Å²) in [6, 6.07) is 0.951. The van der Waals surface area contributed by atoms with E-state index in [-0.39, 0.29) is 47.1 Å². The first-order valence-electron chi connectivity index (χ1n) is 10.4. The van der Waals surface area contributed by atoms with Crippen LogP contribution < -0.4 is 19.7 Å². The minimum absolute atomic E-state index is 0.0495. The molecular formula is C20H19F3N6O5S. The lowest BCUT2D eigenvalue weighted by Crippen LogP contribution is -2.43. The Labute approximate surface area is 196 Å². The van der Waals surface area contributed by atoms with Crippen LogP contribution in [-0.2, 0) is 17.1 Å². The van der Waals surface area contributed by atoms with Crippen molar-refractivity contribution in [3.8, 4) is 5.75 Å². The van der Waals surface area contributed by atoms with Crippen LogP contribution in [0.1, 0.15) is 16.3 Å². The van der Waals surface area contributed by atoms with Gasteiger partial charge in [0.1, 0.15) is 4.90 Å². The van der Waals surface area contributed by atoms with Crippen molar-refractivity contribution in [1.82, 2.24) is 19.4 Å². The number of aromatic nitrogens is 3. The summed E-state index contributed by atoms with van der Waals surface area (Å²) in [5, 5.41) is 5.99. The molecule has 2 atom stereocenters. The lowest BCUT2D eigenvalue weighted by Gasteiger charge is -2.23. The highest BCUT2D eigenvalue weighted by atomic mass is 32.2. The van der Waals surface area contributed by atoms with Crippen LogP contribution in [0, 0.1) is 30.3 Å². The third-order valence-corrected chi connectivity index (χ3v) is 7.31. The summed E-state index contributed by atoms with van der Waals surface area (Å²) in [6.07, 6.45) is 1.20. The van der Waals surface area contributed by atoms with Crippen LogP contribution in [0.2, 0.25) is 0 Å². The van der Waals surface area contributed by atoms with Crippen LogP contribution in [0.25, 0.3) is 0 Å². The Morgan fingerprint density at radius 2 is 1.94 bits per heavy atom. The fourth-order valence-electron chi connectivity index (χ4n) is 4.19. The minimum atomic E-state index is -4.12. The first-order valence-corrected chi connectivity index (χ1v) is 11.9. The van der Waals surface area contributed by atoms with Gasteiger partial charge < -0.3 is 24.0 Å². The Morgan fingerprint density at radius 3 is 2.60 bits per heavy atom. The summed E-state index contributed by atoms with van der Waals surface area (Å²) in [6.45, 7) is 2.34. The Balaban J connectivity index is 1.44. The fourth-order valence-corrected chi connectivity index (χ4v) is 5.67. The maximum atomic E-state index is 13.6. The molecule has 0 saturated carbocycles. The van der Waals surface area contributed by atoms with Crippen molar-refractivity contribution in [3.05, 3.63) is 47.3 Å². The maximum absolute atomic E-state index is 13.6. The molecule has 1 fully saturated rings. The molecule has 2 aliphatic heterocycles. The summed E-state index contributed by atoms with van der Waals surface area (Å²) < 4.78 is 81.6. The highest BCUT2D eigenvalue weighted by Crippen LogP contribution is 2.35. The van der Waals surface area contributed by atoms with E-state index in [9.17, 15) is 26.4 Å². The number of sulfonamides is 1. The van der Waals surface area contributed by atoms with E-state index < -0.39 is 39.4 Å². The standard InChI is InChI=1S/C20H19F3N6O5S/c1-9-24-20(34-26-9)29-5-10-8-33-18-15(35(31,32)27-14(10)6-29)7-28(2)17(18)19(30)25-11-3-12(21)16(23)13(22)4-11/h3-4,7,10,14,27H,5-6,8H2,1-2H3,(H,25,30)/t10-,14-/m0/s1. The SMILES string of the molecule is Cc1noc(N2C[C@H]3COc4c(cn(C)c4C(=O)Nc4cc(F)c(F)c(F)c4)S(=O)(=O)N[C@H]3C2)n1. The van der Waals surface area contributed by atoms with Crippen LogP contribution in [0.4, 0.5) is 24.9 Å². The molecule has 186 valence electrons. The summed E-state index contributed by atoms with van der Waals surface area (Å²) in [4.78, 5) is 18.6. The first-order chi connectivity index (χ1) is 16.5. The molecule has 0 unspecified atom stereocenters. The number of anilines is 2. The quantitative estimate of drug-likeness (QED) is 0.506. The van der Waals surface area contributed by atoms with E-state index in [1.54, 1.807) is 11.8 Å². The van der Waals surface area contributed by atoms with Gasteiger partial charge in [0.25, 0.3) is 5.91 Å². The monoisotopic (exact) mass is 512 g/mol. The smallest absolute Gasteiger partial charge is 0.324 e. The molecule has 0 bridgehead atoms. The van der Waals surface area contributed by atoms with Gasteiger partial charge in [0.05, 0.1) is 6.61 Å². The molecule has 11 nitrogen and oxygen atoms in total. The number of amides is 1. The molecule has 1 saturated heterocycles. The summed E-state index contributed by atoms with van der Waals surface area (Å²) >= 11 is 0. The molecule has 15 heteroatoms. The van der Waals surface area contributed by atoms with Crippen molar-refractivity contribution < 1.29 is 35.6 Å². The van der Waals surface area contributed by atoms with Crippen molar-refractivity contribution in [2.24, 2.45) is 13.0 Å². The number of ether oxygens (including phenoxy) is 1. The van der Waals surface area contributed by atoms with Crippen LogP contribution in [0.5, 0.6) is 5.75 Å². The maximum Gasteiger partial charge on any atom is 0.324 e. The van der Waals surface area contributed by atoms with Crippen molar-refractivity contribution >= 4 is 27.6 Å².